The Labute approximate surface area is 158 Å². The Morgan fingerprint density at radius 2 is 1.77 bits per heavy atom. The molecule has 2 heterocycles. The van der Waals surface area contributed by atoms with Crippen molar-refractivity contribution in [2.75, 3.05) is 13.1 Å². The molecule has 1 fully saturated rings. The van der Waals surface area contributed by atoms with Crippen molar-refractivity contribution in [3.05, 3.63) is 54.2 Å². The van der Waals surface area contributed by atoms with Crippen LogP contribution in [0, 0.1) is 0 Å². The van der Waals surface area contributed by atoms with Crippen molar-refractivity contribution in [3.8, 4) is 0 Å². The lowest BCUT2D eigenvalue weighted by Gasteiger charge is -2.25. The van der Waals surface area contributed by atoms with E-state index in [0.717, 1.165) is 19.3 Å². The summed E-state index contributed by atoms with van der Waals surface area (Å²) in [4.78, 5) is 16.9. The molecule has 0 radical (unpaired) electrons. The van der Waals surface area contributed by atoms with Gasteiger partial charge in [-0.1, -0.05) is 48.5 Å². The Kier molecular flexibility index (Phi) is 6.11. The van der Waals surface area contributed by atoms with Gasteiger partial charge in [-0.15, -0.1) is 0 Å². The van der Waals surface area contributed by atoms with Crippen molar-refractivity contribution in [3.63, 3.8) is 0 Å². The SMILES string of the molecule is C[C@H](Sc1ccc(S(=O)(=O)N2CCCCC2)cn1)C(=O)c1ccccc1. The zero-order valence-corrected chi connectivity index (χ0v) is 16.3. The highest BCUT2D eigenvalue weighted by atomic mass is 32.2. The van der Waals surface area contributed by atoms with Crippen LogP contribution in [0.15, 0.2) is 58.6 Å². The average Bonchev–Trinajstić information content (AvgIpc) is 2.69. The first-order valence-electron chi connectivity index (χ1n) is 8.70. The summed E-state index contributed by atoms with van der Waals surface area (Å²) in [5.41, 5.74) is 0.664. The summed E-state index contributed by atoms with van der Waals surface area (Å²) in [5.74, 6) is 0.0300. The minimum atomic E-state index is -3.47. The molecule has 0 spiro atoms. The highest BCUT2D eigenvalue weighted by Gasteiger charge is 2.26. The van der Waals surface area contributed by atoms with Crippen LogP contribution in [0.25, 0.3) is 0 Å². The molecule has 0 bridgehead atoms. The molecule has 1 saturated heterocycles. The summed E-state index contributed by atoms with van der Waals surface area (Å²) < 4.78 is 26.8. The van der Waals surface area contributed by atoms with E-state index in [4.69, 9.17) is 0 Å². The molecule has 2 aromatic rings. The number of thioether (sulfide) groups is 1. The zero-order valence-electron chi connectivity index (χ0n) is 14.7. The first-order chi connectivity index (χ1) is 12.5. The van der Waals surface area contributed by atoms with E-state index in [0.29, 0.717) is 23.7 Å². The number of ketones is 1. The van der Waals surface area contributed by atoms with Gasteiger partial charge in [0, 0.05) is 24.8 Å². The second-order valence-corrected chi connectivity index (χ2v) is 9.59. The van der Waals surface area contributed by atoms with Crippen molar-refractivity contribution >= 4 is 27.6 Å². The molecule has 1 aliphatic heterocycles. The number of nitrogens with zero attached hydrogens (tertiary/aromatic N) is 2. The number of pyridine rings is 1. The smallest absolute Gasteiger partial charge is 0.244 e. The fourth-order valence-corrected chi connectivity index (χ4v) is 5.24. The first-order valence-corrected chi connectivity index (χ1v) is 11.0. The van der Waals surface area contributed by atoms with Crippen LogP contribution in [0.1, 0.15) is 36.5 Å². The lowest BCUT2D eigenvalue weighted by Crippen LogP contribution is -2.35. The molecule has 1 aliphatic rings. The van der Waals surface area contributed by atoms with Gasteiger partial charge in [-0.25, -0.2) is 13.4 Å². The number of rotatable bonds is 6. The topological polar surface area (TPSA) is 67.3 Å². The second kappa shape index (κ2) is 8.33. The summed E-state index contributed by atoms with van der Waals surface area (Å²) in [6.07, 6.45) is 4.28. The Hall–Kier alpha value is -1.70. The number of piperidine rings is 1. The van der Waals surface area contributed by atoms with Gasteiger partial charge in [0.2, 0.25) is 10.0 Å². The molecule has 5 nitrogen and oxygen atoms in total. The van der Waals surface area contributed by atoms with Crippen LogP contribution in [-0.4, -0.2) is 41.8 Å². The molecule has 0 saturated carbocycles. The van der Waals surface area contributed by atoms with E-state index in [1.54, 1.807) is 24.3 Å². The molecule has 1 atom stereocenters. The molecular weight excluding hydrogens is 368 g/mol. The maximum absolute atomic E-state index is 12.6. The zero-order chi connectivity index (χ0) is 18.6. The van der Waals surface area contributed by atoms with Crippen LogP contribution in [0.4, 0.5) is 0 Å². The van der Waals surface area contributed by atoms with E-state index in [1.165, 1.54) is 22.3 Å². The molecule has 1 aromatic heterocycles. The third-order valence-electron chi connectivity index (χ3n) is 4.39. The van der Waals surface area contributed by atoms with E-state index >= 15 is 0 Å². The molecule has 1 aromatic carbocycles. The summed E-state index contributed by atoms with van der Waals surface area (Å²) >= 11 is 1.33. The Bertz CT molecular complexity index is 846. The number of Topliss-reactive ketones (excluding diaryl/α,β-unsaturated/α-hetero) is 1. The maximum Gasteiger partial charge on any atom is 0.244 e. The van der Waals surface area contributed by atoms with Crippen LogP contribution >= 0.6 is 11.8 Å². The molecule has 26 heavy (non-hydrogen) atoms. The second-order valence-electron chi connectivity index (χ2n) is 6.29. The first kappa shape index (κ1) is 19.1. The summed E-state index contributed by atoms with van der Waals surface area (Å²) in [6, 6.07) is 12.4. The number of aromatic nitrogens is 1. The third kappa shape index (κ3) is 4.34. The predicted molar refractivity (Wildman–Crippen MR) is 103 cm³/mol. The van der Waals surface area contributed by atoms with E-state index in [-0.39, 0.29) is 15.9 Å². The average molecular weight is 391 g/mol. The van der Waals surface area contributed by atoms with Crippen LogP contribution in [0.5, 0.6) is 0 Å². The summed E-state index contributed by atoms with van der Waals surface area (Å²) in [6.45, 7) is 2.98. The van der Waals surface area contributed by atoms with Gasteiger partial charge in [0.15, 0.2) is 5.78 Å². The molecule has 0 aliphatic carbocycles. The molecule has 0 N–H and O–H groups in total. The van der Waals surface area contributed by atoms with E-state index < -0.39 is 10.0 Å². The van der Waals surface area contributed by atoms with E-state index in [9.17, 15) is 13.2 Å². The fourth-order valence-electron chi connectivity index (χ4n) is 2.92. The van der Waals surface area contributed by atoms with Gasteiger partial charge >= 0.3 is 0 Å². The minimum absolute atomic E-state index is 0.0300. The van der Waals surface area contributed by atoms with Gasteiger partial charge in [0.05, 0.1) is 10.3 Å². The number of carbonyl (C=O) groups excluding carboxylic acids is 1. The predicted octanol–water partition coefficient (Wildman–Crippen LogP) is 3.62. The molecule has 0 amide bonds. The van der Waals surface area contributed by atoms with Crippen molar-refractivity contribution < 1.29 is 13.2 Å². The molecule has 0 unspecified atom stereocenters. The van der Waals surface area contributed by atoms with E-state index in [2.05, 4.69) is 4.98 Å². The van der Waals surface area contributed by atoms with Gasteiger partial charge < -0.3 is 0 Å². The van der Waals surface area contributed by atoms with Crippen LogP contribution in [0.2, 0.25) is 0 Å². The quantitative estimate of drug-likeness (QED) is 0.557. The van der Waals surface area contributed by atoms with Crippen molar-refractivity contribution in [1.82, 2.24) is 9.29 Å². The minimum Gasteiger partial charge on any atom is -0.293 e. The lowest BCUT2D eigenvalue weighted by molar-refractivity contribution is 0.0994. The normalized spacial score (nSPS) is 17.0. The van der Waals surface area contributed by atoms with Crippen LogP contribution < -0.4 is 0 Å². The molecule has 138 valence electrons. The van der Waals surface area contributed by atoms with E-state index in [1.807, 2.05) is 25.1 Å². The fraction of sp³-hybridized carbons (Fsp3) is 0.368. The summed E-state index contributed by atoms with van der Waals surface area (Å²) in [7, 11) is -3.47. The standard InChI is InChI=1S/C19H22N2O3S2/c1-15(19(22)16-8-4-2-5-9-16)25-18-11-10-17(14-20-18)26(23,24)21-12-6-3-7-13-21/h2,4-5,8-11,14-15H,3,6-7,12-13H2,1H3/t15-/m0/s1. The number of benzene rings is 1. The highest BCUT2D eigenvalue weighted by Crippen LogP contribution is 2.26. The maximum atomic E-state index is 12.6. The van der Waals surface area contributed by atoms with Gasteiger partial charge in [-0.05, 0) is 31.9 Å². The number of carbonyl (C=O) groups is 1. The number of hydrogen-bond acceptors (Lipinski definition) is 5. The Morgan fingerprint density at radius 1 is 1.08 bits per heavy atom. The van der Waals surface area contributed by atoms with Gasteiger partial charge in [0.25, 0.3) is 0 Å². The van der Waals surface area contributed by atoms with Gasteiger partial charge in [-0.2, -0.15) is 4.31 Å². The van der Waals surface area contributed by atoms with Gasteiger partial charge in [0.1, 0.15) is 4.90 Å². The third-order valence-corrected chi connectivity index (χ3v) is 7.32. The molecule has 7 heteroatoms. The van der Waals surface area contributed by atoms with Crippen molar-refractivity contribution in [2.45, 2.75) is 41.4 Å². The number of sulfonamides is 1. The Morgan fingerprint density at radius 3 is 2.38 bits per heavy atom. The van der Waals surface area contributed by atoms with Gasteiger partial charge in [-0.3, -0.25) is 4.79 Å². The lowest BCUT2D eigenvalue weighted by atomic mass is 10.1. The summed E-state index contributed by atoms with van der Waals surface area (Å²) in [5, 5.41) is 0.342. The van der Waals surface area contributed by atoms with Crippen molar-refractivity contribution in [2.24, 2.45) is 0 Å². The molecule has 3 rings (SSSR count). The van der Waals surface area contributed by atoms with Crippen LogP contribution in [-0.2, 0) is 10.0 Å². The highest BCUT2D eigenvalue weighted by molar-refractivity contribution is 8.00. The number of hydrogen-bond donors (Lipinski definition) is 0. The molecular formula is C19H22N2O3S2. The van der Waals surface area contributed by atoms with Crippen molar-refractivity contribution in [1.29, 1.82) is 0 Å². The Balaban J connectivity index is 1.68. The monoisotopic (exact) mass is 390 g/mol. The largest absolute Gasteiger partial charge is 0.293 e. The van der Waals surface area contributed by atoms with Crippen LogP contribution in [0.3, 0.4) is 0 Å².